The Kier molecular flexibility index (Phi) is 10.8. The molecule has 6 aliphatic rings. The van der Waals surface area contributed by atoms with Crippen LogP contribution in [0.25, 0.3) is 22.3 Å². The van der Waals surface area contributed by atoms with Gasteiger partial charge in [0.25, 0.3) is 5.91 Å². The Bertz CT molecular complexity index is 2620. The predicted octanol–water partition coefficient (Wildman–Crippen LogP) is 4.36. The smallest absolute Gasteiger partial charge is 0.320 e. The first-order chi connectivity index (χ1) is 31.7. The van der Waals surface area contributed by atoms with E-state index in [1.807, 2.05) is 71.6 Å². The van der Waals surface area contributed by atoms with Gasteiger partial charge in [-0.1, -0.05) is 18.2 Å². The minimum atomic E-state index is -0.616. The number of anilines is 2. The number of carbonyl (C=O) groups is 4. The number of rotatable bonds is 8. The number of nitrogens with two attached hydrogens (primary N) is 1. The number of imide groups is 1. The Labute approximate surface area is 377 Å². The molecule has 8 heterocycles. The predicted molar refractivity (Wildman–Crippen MR) is 243 cm³/mol. The minimum absolute atomic E-state index is 0.131. The van der Waals surface area contributed by atoms with Crippen LogP contribution in [0.1, 0.15) is 60.5 Å². The first-order valence-corrected chi connectivity index (χ1v) is 23.1. The number of hydrogen-bond donors (Lipinski definition) is 2. The Morgan fingerprint density at radius 3 is 2.28 bits per heavy atom. The lowest BCUT2D eigenvalue weighted by Crippen LogP contribution is -2.66. The summed E-state index contributed by atoms with van der Waals surface area (Å²) in [5.41, 5.74) is 11.6. The van der Waals surface area contributed by atoms with Gasteiger partial charge < -0.3 is 30.1 Å². The number of para-hydroxylation sites is 1. The third-order valence-corrected chi connectivity index (χ3v) is 14.5. The van der Waals surface area contributed by atoms with E-state index in [0.29, 0.717) is 36.4 Å². The fraction of sp³-hybridized carbons (Fsp3) is 0.438. The summed E-state index contributed by atoms with van der Waals surface area (Å²) in [5, 5.41) is 8.31. The van der Waals surface area contributed by atoms with E-state index in [1.54, 1.807) is 4.90 Å². The highest BCUT2D eigenvalue weighted by Gasteiger charge is 2.41. The first-order valence-electron chi connectivity index (χ1n) is 23.1. The van der Waals surface area contributed by atoms with E-state index < -0.39 is 11.9 Å². The standard InChI is InChI=1S/C48H54N12O5/c49-44-42-43(31-8-11-38(12-9-31)65-37-6-2-1-3-7-37)53-60(45(42)51-30-50-44)35-5-4-18-57(27-35)33-16-19-56(20-17-33)48(64)58-28-36(29-58)55-23-21-54(22-24-55)34-10-13-39-32(25-34)26-59(47(39)63)40-14-15-41(61)52-46(40)62/h1-3,6-13,25,30,33,35-36,40H,4-5,14-24,26-29H2,(H2,49,50,51)(H,52,61,62). The molecule has 2 unspecified atom stereocenters. The highest BCUT2D eigenvalue weighted by atomic mass is 16.5. The van der Waals surface area contributed by atoms with Gasteiger partial charge in [0, 0.05) is 101 Å². The number of aromatic nitrogens is 4. The molecule has 65 heavy (non-hydrogen) atoms. The zero-order chi connectivity index (χ0) is 44.2. The van der Waals surface area contributed by atoms with Gasteiger partial charge in [0.05, 0.1) is 11.4 Å². The number of piperidine rings is 3. The van der Waals surface area contributed by atoms with Crippen LogP contribution in [0.2, 0.25) is 0 Å². The van der Waals surface area contributed by atoms with Gasteiger partial charge in [0.2, 0.25) is 11.8 Å². The van der Waals surface area contributed by atoms with E-state index in [9.17, 15) is 19.2 Å². The van der Waals surface area contributed by atoms with Gasteiger partial charge in [0.15, 0.2) is 5.65 Å². The van der Waals surface area contributed by atoms with E-state index in [-0.39, 0.29) is 30.3 Å². The Hall–Kier alpha value is -6.59. The van der Waals surface area contributed by atoms with Crippen molar-refractivity contribution in [1.82, 2.24) is 49.6 Å². The van der Waals surface area contributed by atoms with Crippen LogP contribution in [0.3, 0.4) is 0 Å². The molecule has 0 bridgehead atoms. The van der Waals surface area contributed by atoms with Crippen LogP contribution in [0.15, 0.2) is 79.1 Å². The normalized spacial score (nSPS) is 22.6. The highest BCUT2D eigenvalue weighted by molar-refractivity contribution is 6.05. The van der Waals surface area contributed by atoms with Crippen LogP contribution in [-0.4, -0.2) is 152 Å². The monoisotopic (exact) mass is 878 g/mol. The summed E-state index contributed by atoms with van der Waals surface area (Å²) in [5.74, 6) is 1.10. The number of carbonyl (C=O) groups excluding carboxylic acids is 4. The van der Waals surface area contributed by atoms with Crippen LogP contribution >= 0.6 is 0 Å². The number of piperazine rings is 1. The molecule has 3 N–H and O–H groups in total. The van der Waals surface area contributed by atoms with Crippen LogP contribution in [0, 0.1) is 0 Å². The Morgan fingerprint density at radius 2 is 1.51 bits per heavy atom. The second-order valence-electron chi connectivity index (χ2n) is 18.3. The number of ether oxygens (including phenoxy) is 1. The van der Waals surface area contributed by atoms with E-state index in [4.69, 9.17) is 20.6 Å². The lowest BCUT2D eigenvalue weighted by Gasteiger charge is -2.50. The van der Waals surface area contributed by atoms with Gasteiger partial charge in [-0.25, -0.2) is 19.4 Å². The lowest BCUT2D eigenvalue weighted by molar-refractivity contribution is -0.136. The van der Waals surface area contributed by atoms with Gasteiger partial charge >= 0.3 is 6.03 Å². The van der Waals surface area contributed by atoms with Crippen LogP contribution < -0.4 is 20.7 Å². The van der Waals surface area contributed by atoms with Crippen molar-refractivity contribution in [1.29, 1.82) is 0 Å². The topological polar surface area (TPSA) is 179 Å². The number of benzene rings is 3. The molecule has 17 heteroatoms. The fourth-order valence-electron chi connectivity index (χ4n) is 10.8. The summed E-state index contributed by atoms with van der Waals surface area (Å²) in [6, 6.07) is 24.0. The van der Waals surface area contributed by atoms with Crippen molar-refractivity contribution in [2.75, 3.05) is 76.1 Å². The van der Waals surface area contributed by atoms with Crippen molar-refractivity contribution < 1.29 is 23.9 Å². The third-order valence-electron chi connectivity index (χ3n) is 14.5. The van der Waals surface area contributed by atoms with Crippen molar-refractivity contribution in [3.63, 3.8) is 0 Å². The lowest BCUT2D eigenvalue weighted by atomic mass is 9.98. The Morgan fingerprint density at radius 1 is 0.738 bits per heavy atom. The summed E-state index contributed by atoms with van der Waals surface area (Å²) < 4.78 is 8.10. The molecule has 5 amide bonds. The van der Waals surface area contributed by atoms with E-state index >= 15 is 0 Å². The highest BCUT2D eigenvalue weighted by Crippen LogP contribution is 2.37. The number of nitrogen functional groups attached to an aromatic ring is 1. The molecule has 0 aliphatic carbocycles. The molecule has 336 valence electrons. The van der Waals surface area contributed by atoms with Gasteiger partial charge in [-0.05, 0) is 98.8 Å². The number of likely N-dealkylation sites (tertiary alicyclic amines) is 3. The average molecular weight is 879 g/mol. The number of urea groups is 1. The zero-order valence-corrected chi connectivity index (χ0v) is 36.4. The van der Waals surface area contributed by atoms with Gasteiger partial charge in [-0.15, -0.1) is 0 Å². The third kappa shape index (κ3) is 7.90. The average Bonchev–Trinajstić information content (AvgIpc) is 3.87. The summed E-state index contributed by atoms with van der Waals surface area (Å²) in [6.45, 7) is 8.80. The molecule has 5 fully saturated rings. The molecule has 0 radical (unpaired) electrons. The number of nitrogens with one attached hydrogen (secondary N) is 1. The van der Waals surface area contributed by atoms with Gasteiger partial charge in [0.1, 0.15) is 35.4 Å². The summed E-state index contributed by atoms with van der Waals surface area (Å²) >= 11 is 0. The Balaban J connectivity index is 0.656. The molecule has 6 aliphatic heterocycles. The molecule has 2 aromatic heterocycles. The summed E-state index contributed by atoms with van der Waals surface area (Å²) in [6.07, 6.45) is 6.05. The molecule has 2 atom stereocenters. The number of nitrogens with zero attached hydrogens (tertiary/aromatic N) is 10. The van der Waals surface area contributed by atoms with Crippen molar-refractivity contribution in [3.05, 3.63) is 90.3 Å². The molecule has 0 spiro atoms. The minimum Gasteiger partial charge on any atom is -0.457 e. The second-order valence-corrected chi connectivity index (χ2v) is 18.3. The molecular formula is C48H54N12O5. The quantitative estimate of drug-likeness (QED) is 0.211. The van der Waals surface area contributed by atoms with Crippen molar-refractivity contribution in [2.24, 2.45) is 0 Å². The number of amides is 5. The molecule has 17 nitrogen and oxygen atoms in total. The molecule has 3 aromatic carbocycles. The number of hydrogen-bond acceptors (Lipinski definition) is 12. The van der Waals surface area contributed by atoms with E-state index in [2.05, 4.69) is 40.6 Å². The maximum absolute atomic E-state index is 13.7. The largest absolute Gasteiger partial charge is 0.457 e. The van der Waals surface area contributed by atoms with E-state index in [0.717, 1.165) is 136 Å². The van der Waals surface area contributed by atoms with Crippen molar-refractivity contribution >= 4 is 46.3 Å². The fourth-order valence-corrected chi connectivity index (χ4v) is 10.8. The zero-order valence-electron chi connectivity index (χ0n) is 36.4. The molecule has 0 saturated carbocycles. The van der Waals surface area contributed by atoms with Gasteiger partial charge in [-0.3, -0.25) is 29.5 Å². The second kappa shape index (κ2) is 17.1. The van der Waals surface area contributed by atoms with E-state index in [1.165, 1.54) is 6.33 Å². The maximum atomic E-state index is 13.7. The SMILES string of the molecule is Nc1ncnc2c1c(-c1ccc(Oc3ccccc3)cc1)nn2C1CCCN(C2CCN(C(=O)N3CC(N4CCN(c5ccc6c(c5)CN(C5CCC(=O)NC5=O)C6=O)CC4)C3)CC2)C1. The van der Waals surface area contributed by atoms with Crippen LogP contribution in [-0.2, 0) is 16.1 Å². The molecule has 5 saturated heterocycles. The molecule has 5 aromatic rings. The molecule has 11 rings (SSSR count). The molecular weight excluding hydrogens is 825 g/mol. The first kappa shape index (κ1) is 41.1. The summed E-state index contributed by atoms with van der Waals surface area (Å²) in [7, 11) is 0. The van der Waals surface area contributed by atoms with Crippen molar-refractivity contribution in [3.8, 4) is 22.8 Å². The maximum Gasteiger partial charge on any atom is 0.320 e. The van der Waals surface area contributed by atoms with Crippen LogP contribution in [0.4, 0.5) is 16.3 Å². The summed E-state index contributed by atoms with van der Waals surface area (Å²) in [4.78, 5) is 73.2. The van der Waals surface area contributed by atoms with Gasteiger partial charge in [-0.2, -0.15) is 5.10 Å². The van der Waals surface area contributed by atoms with Crippen molar-refractivity contribution in [2.45, 2.75) is 69.2 Å². The number of fused-ring (bicyclic) bond motifs is 2. The van der Waals surface area contributed by atoms with Crippen LogP contribution in [0.5, 0.6) is 11.5 Å².